The highest BCUT2D eigenvalue weighted by Gasteiger charge is 2.17. The first-order valence-electron chi connectivity index (χ1n) is 6.02. The quantitative estimate of drug-likeness (QED) is 0.361. The second-order valence-electron chi connectivity index (χ2n) is 4.22. The van der Waals surface area contributed by atoms with Crippen molar-refractivity contribution >= 4 is 34.8 Å². The number of ether oxygens (including phenoxy) is 1. The molecule has 0 fully saturated rings. The molecule has 0 aliphatic rings. The Morgan fingerprint density at radius 2 is 2.04 bits per heavy atom. The maximum Gasteiger partial charge on any atom is 0.181 e. The van der Waals surface area contributed by atoms with E-state index < -0.39 is 5.82 Å². The molecule has 0 saturated heterocycles. The molecule has 0 bridgehead atoms. The molecule has 0 saturated carbocycles. The highest BCUT2D eigenvalue weighted by Crippen LogP contribution is 2.39. The average Bonchev–Trinajstić information content (AvgIpc) is 2.53. The Kier molecular flexibility index (Phi) is 5.54. The average molecular weight is 372 g/mol. The maximum atomic E-state index is 14.4. The van der Waals surface area contributed by atoms with Crippen molar-refractivity contribution in [3.8, 4) is 17.6 Å². The van der Waals surface area contributed by atoms with Gasteiger partial charge in [0.2, 0.25) is 0 Å². The summed E-state index contributed by atoms with van der Waals surface area (Å²) in [6.07, 6.45) is 0. The van der Waals surface area contributed by atoms with E-state index in [2.05, 4.69) is 10.0 Å². The van der Waals surface area contributed by atoms with Crippen LogP contribution in [0.4, 0.5) is 4.39 Å². The van der Waals surface area contributed by atoms with Gasteiger partial charge >= 0.3 is 0 Å². The van der Waals surface area contributed by atoms with Crippen molar-refractivity contribution in [2.24, 2.45) is 5.11 Å². The molecule has 0 spiro atoms. The summed E-state index contributed by atoms with van der Waals surface area (Å²) in [4.78, 5) is 2.57. The molecular formula is C14H6Cl3FN4O. The van der Waals surface area contributed by atoms with Gasteiger partial charge in [-0.25, -0.2) is 4.39 Å². The highest BCUT2D eigenvalue weighted by molar-refractivity contribution is 6.35. The summed E-state index contributed by atoms with van der Waals surface area (Å²) in [6, 6.07) is 7.31. The van der Waals surface area contributed by atoms with Crippen LogP contribution < -0.4 is 4.74 Å². The molecule has 0 amide bonds. The second-order valence-corrected chi connectivity index (χ2v) is 5.44. The fourth-order valence-corrected chi connectivity index (χ4v) is 2.31. The van der Waals surface area contributed by atoms with Crippen molar-refractivity contribution in [2.45, 2.75) is 6.54 Å². The molecular weight excluding hydrogens is 366 g/mol. The van der Waals surface area contributed by atoms with Gasteiger partial charge in [0.15, 0.2) is 11.6 Å². The van der Waals surface area contributed by atoms with Crippen LogP contribution in [-0.2, 0) is 6.54 Å². The lowest BCUT2D eigenvalue weighted by atomic mass is 10.2. The molecule has 0 N–H and O–H groups in total. The van der Waals surface area contributed by atoms with Crippen molar-refractivity contribution in [3.63, 3.8) is 0 Å². The van der Waals surface area contributed by atoms with Gasteiger partial charge in [-0.2, -0.15) is 5.26 Å². The van der Waals surface area contributed by atoms with Crippen LogP contribution in [0.15, 0.2) is 29.4 Å². The maximum absolute atomic E-state index is 14.4. The zero-order chi connectivity index (χ0) is 17.0. The SMILES string of the molecule is N#Cc1cc(Cl)cc(Oc2c(Cl)ccc(CN=[N+]=[N-])c2F)c1Cl. The zero-order valence-corrected chi connectivity index (χ0v) is 13.5. The lowest BCUT2D eigenvalue weighted by Gasteiger charge is -2.13. The number of hydrogen-bond donors (Lipinski definition) is 0. The Labute approximate surface area is 145 Å². The smallest absolute Gasteiger partial charge is 0.181 e. The van der Waals surface area contributed by atoms with E-state index in [0.29, 0.717) is 0 Å². The third kappa shape index (κ3) is 3.79. The first-order chi connectivity index (χ1) is 11.0. The van der Waals surface area contributed by atoms with Gasteiger partial charge in [-0.05, 0) is 23.2 Å². The van der Waals surface area contributed by atoms with Gasteiger partial charge in [0.05, 0.1) is 17.1 Å². The fraction of sp³-hybridized carbons (Fsp3) is 0.0714. The van der Waals surface area contributed by atoms with Crippen molar-refractivity contribution < 1.29 is 9.13 Å². The fourth-order valence-electron chi connectivity index (χ4n) is 1.73. The van der Waals surface area contributed by atoms with Gasteiger partial charge in [-0.15, -0.1) is 0 Å². The van der Waals surface area contributed by atoms with E-state index in [4.69, 9.17) is 50.3 Å². The van der Waals surface area contributed by atoms with E-state index in [1.54, 1.807) is 0 Å². The van der Waals surface area contributed by atoms with Gasteiger partial charge in [-0.3, -0.25) is 0 Å². The Bertz CT molecular complexity index is 860. The summed E-state index contributed by atoms with van der Waals surface area (Å²) in [5.74, 6) is -1.11. The standard InChI is InChI=1S/C14H6Cl3FN4O/c15-9-3-8(5-19)12(17)11(4-9)23-14-10(16)2-1-7(13(14)18)6-21-22-20/h1-4H,6H2. The van der Waals surface area contributed by atoms with E-state index in [9.17, 15) is 4.39 Å². The molecule has 0 aliphatic carbocycles. The van der Waals surface area contributed by atoms with Crippen LogP contribution in [0.2, 0.25) is 15.1 Å². The second kappa shape index (κ2) is 7.40. The van der Waals surface area contributed by atoms with Gasteiger partial charge in [-0.1, -0.05) is 46.0 Å². The van der Waals surface area contributed by atoms with Crippen LogP contribution in [0, 0.1) is 17.1 Å². The molecule has 0 heterocycles. The Morgan fingerprint density at radius 1 is 1.30 bits per heavy atom. The Hall–Kier alpha value is -2.16. The minimum atomic E-state index is -0.792. The molecule has 9 heteroatoms. The first kappa shape index (κ1) is 17.2. The topological polar surface area (TPSA) is 81.8 Å². The summed E-state index contributed by atoms with van der Waals surface area (Å²) in [5.41, 5.74) is 8.50. The summed E-state index contributed by atoms with van der Waals surface area (Å²) >= 11 is 17.8. The molecule has 0 radical (unpaired) electrons. The van der Waals surface area contributed by atoms with Crippen molar-refractivity contribution in [1.82, 2.24) is 0 Å². The van der Waals surface area contributed by atoms with Gasteiger partial charge in [0, 0.05) is 16.0 Å². The predicted molar refractivity (Wildman–Crippen MR) is 85.5 cm³/mol. The van der Waals surface area contributed by atoms with E-state index in [0.717, 1.165) is 0 Å². The first-order valence-corrected chi connectivity index (χ1v) is 7.16. The van der Waals surface area contributed by atoms with Crippen LogP contribution in [0.5, 0.6) is 11.5 Å². The van der Waals surface area contributed by atoms with Crippen LogP contribution >= 0.6 is 34.8 Å². The molecule has 0 aromatic heterocycles. The third-order valence-electron chi connectivity index (χ3n) is 2.77. The molecule has 2 aromatic carbocycles. The van der Waals surface area contributed by atoms with Gasteiger partial charge < -0.3 is 4.74 Å². The van der Waals surface area contributed by atoms with Crippen molar-refractivity contribution in [2.75, 3.05) is 0 Å². The minimum absolute atomic E-state index is 0.0123. The summed E-state index contributed by atoms with van der Waals surface area (Å²) in [6.45, 7) is -0.206. The van der Waals surface area contributed by atoms with Crippen LogP contribution in [0.1, 0.15) is 11.1 Å². The van der Waals surface area contributed by atoms with E-state index in [-0.39, 0.29) is 44.2 Å². The van der Waals surface area contributed by atoms with E-state index in [1.807, 2.05) is 6.07 Å². The highest BCUT2D eigenvalue weighted by atomic mass is 35.5. The number of azide groups is 1. The molecule has 0 atom stereocenters. The molecule has 2 rings (SSSR count). The number of nitriles is 1. The normalized spacial score (nSPS) is 9.87. The zero-order valence-electron chi connectivity index (χ0n) is 11.2. The number of nitrogens with zero attached hydrogens (tertiary/aromatic N) is 4. The number of halogens is 4. The van der Waals surface area contributed by atoms with Gasteiger partial charge in [0.1, 0.15) is 16.8 Å². The van der Waals surface area contributed by atoms with Crippen molar-refractivity contribution in [3.05, 3.63) is 66.7 Å². The number of rotatable bonds is 4. The van der Waals surface area contributed by atoms with E-state index in [1.165, 1.54) is 24.3 Å². The molecule has 23 heavy (non-hydrogen) atoms. The van der Waals surface area contributed by atoms with Gasteiger partial charge in [0.25, 0.3) is 0 Å². The minimum Gasteiger partial charge on any atom is -0.451 e. The number of benzene rings is 2. The molecule has 0 aliphatic heterocycles. The molecule has 0 unspecified atom stereocenters. The number of hydrogen-bond acceptors (Lipinski definition) is 3. The largest absolute Gasteiger partial charge is 0.451 e. The van der Waals surface area contributed by atoms with Crippen LogP contribution in [0.25, 0.3) is 10.4 Å². The third-order valence-corrected chi connectivity index (χ3v) is 3.68. The lowest BCUT2D eigenvalue weighted by Crippen LogP contribution is -1.96. The summed E-state index contributed by atoms with van der Waals surface area (Å²) in [5, 5.41) is 12.4. The lowest BCUT2D eigenvalue weighted by molar-refractivity contribution is 0.439. The Balaban J connectivity index is 2.51. The summed E-state index contributed by atoms with van der Waals surface area (Å²) < 4.78 is 19.8. The monoisotopic (exact) mass is 370 g/mol. The summed E-state index contributed by atoms with van der Waals surface area (Å²) in [7, 11) is 0. The Morgan fingerprint density at radius 3 is 2.70 bits per heavy atom. The molecule has 2 aromatic rings. The molecule has 116 valence electrons. The van der Waals surface area contributed by atoms with Crippen LogP contribution in [-0.4, -0.2) is 0 Å². The van der Waals surface area contributed by atoms with Crippen molar-refractivity contribution in [1.29, 1.82) is 5.26 Å². The van der Waals surface area contributed by atoms with E-state index >= 15 is 0 Å². The predicted octanol–water partition coefficient (Wildman–Crippen LogP) is 6.26. The van der Waals surface area contributed by atoms with Crippen LogP contribution in [0.3, 0.4) is 0 Å². The molecule has 5 nitrogen and oxygen atoms in total.